The van der Waals surface area contributed by atoms with Gasteiger partial charge in [-0.2, -0.15) is 0 Å². The zero-order chi connectivity index (χ0) is 19.3. The van der Waals surface area contributed by atoms with Gasteiger partial charge < -0.3 is 14.7 Å². The van der Waals surface area contributed by atoms with Crippen molar-refractivity contribution >= 4 is 29.0 Å². The van der Waals surface area contributed by atoms with Crippen molar-refractivity contribution in [1.29, 1.82) is 0 Å². The van der Waals surface area contributed by atoms with Gasteiger partial charge in [-0.15, -0.1) is 0 Å². The van der Waals surface area contributed by atoms with Gasteiger partial charge >= 0.3 is 0 Å². The summed E-state index contributed by atoms with van der Waals surface area (Å²) < 4.78 is 0. The normalized spacial score (nSPS) is 18.1. The Balaban J connectivity index is 1.40. The predicted octanol–water partition coefficient (Wildman–Crippen LogP) is 3.47. The van der Waals surface area contributed by atoms with Gasteiger partial charge in [-0.05, 0) is 31.0 Å². The van der Waals surface area contributed by atoms with E-state index in [1.165, 1.54) is 32.0 Å². The van der Waals surface area contributed by atoms with Crippen molar-refractivity contribution in [2.24, 2.45) is 0 Å². The third kappa shape index (κ3) is 4.38. The number of hydrogen-bond acceptors (Lipinski definition) is 5. The van der Waals surface area contributed by atoms with Gasteiger partial charge in [0.1, 0.15) is 17.8 Å². The summed E-state index contributed by atoms with van der Waals surface area (Å²) >= 11 is 6.10. The number of amides is 1. The molecule has 0 bridgehead atoms. The largest absolute Gasteiger partial charge is 0.368 e. The molecule has 2 aliphatic heterocycles. The van der Waals surface area contributed by atoms with E-state index in [9.17, 15) is 4.79 Å². The van der Waals surface area contributed by atoms with Crippen LogP contribution in [0.1, 0.15) is 36.2 Å². The van der Waals surface area contributed by atoms with Crippen molar-refractivity contribution < 1.29 is 4.79 Å². The van der Waals surface area contributed by atoms with Crippen LogP contribution >= 0.6 is 11.6 Å². The van der Waals surface area contributed by atoms with Crippen LogP contribution in [0.15, 0.2) is 36.7 Å². The van der Waals surface area contributed by atoms with E-state index in [1.54, 1.807) is 0 Å². The molecule has 7 heteroatoms. The Bertz CT molecular complexity index is 814. The second kappa shape index (κ2) is 8.78. The Morgan fingerprint density at radius 1 is 0.857 bits per heavy atom. The highest BCUT2D eigenvalue weighted by Gasteiger charge is 2.24. The Morgan fingerprint density at radius 2 is 1.61 bits per heavy atom. The molecule has 0 unspecified atom stereocenters. The summed E-state index contributed by atoms with van der Waals surface area (Å²) in [5.41, 5.74) is 1.59. The van der Waals surface area contributed by atoms with E-state index in [4.69, 9.17) is 11.6 Å². The van der Waals surface area contributed by atoms with E-state index in [1.807, 2.05) is 29.2 Å². The maximum Gasteiger partial charge on any atom is 0.272 e. The van der Waals surface area contributed by atoms with E-state index >= 15 is 0 Å². The lowest BCUT2D eigenvalue weighted by atomic mass is 10.2. The van der Waals surface area contributed by atoms with Gasteiger partial charge in [-0.1, -0.05) is 30.5 Å². The third-order valence-corrected chi connectivity index (χ3v) is 5.78. The van der Waals surface area contributed by atoms with Crippen LogP contribution < -0.4 is 9.80 Å². The molecule has 0 atom stereocenters. The van der Waals surface area contributed by atoms with Crippen molar-refractivity contribution in [2.75, 3.05) is 49.1 Å². The van der Waals surface area contributed by atoms with Gasteiger partial charge in [0.05, 0.1) is 0 Å². The Morgan fingerprint density at radius 3 is 2.32 bits per heavy atom. The zero-order valence-electron chi connectivity index (χ0n) is 16.1. The first-order valence-corrected chi connectivity index (χ1v) is 10.5. The monoisotopic (exact) mass is 399 g/mol. The quantitative estimate of drug-likeness (QED) is 0.790. The fraction of sp³-hybridized carbons (Fsp3) is 0.476. The average molecular weight is 400 g/mol. The smallest absolute Gasteiger partial charge is 0.272 e. The summed E-state index contributed by atoms with van der Waals surface area (Å²) in [7, 11) is 0. The number of benzene rings is 1. The Hall–Kier alpha value is -2.34. The SMILES string of the molecule is O=C(c1cc(N2CCCCCC2)ncn1)N1CCN(c2cccc(Cl)c2)CC1. The number of carbonyl (C=O) groups excluding carboxylic acids is 1. The predicted molar refractivity (Wildman–Crippen MR) is 112 cm³/mol. The molecular formula is C21H26ClN5O. The second-order valence-electron chi connectivity index (χ2n) is 7.42. The zero-order valence-corrected chi connectivity index (χ0v) is 16.8. The van der Waals surface area contributed by atoms with E-state index in [2.05, 4.69) is 25.8 Å². The van der Waals surface area contributed by atoms with Crippen molar-refractivity contribution in [3.05, 3.63) is 47.4 Å². The summed E-state index contributed by atoms with van der Waals surface area (Å²) in [6.07, 6.45) is 6.42. The third-order valence-electron chi connectivity index (χ3n) is 5.54. The second-order valence-corrected chi connectivity index (χ2v) is 7.86. The molecule has 1 aromatic carbocycles. The van der Waals surface area contributed by atoms with E-state index in [0.717, 1.165) is 42.7 Å². The lowest BCUT2D eigenvalue weighted by Gasteiger charge is -2.36. The molecule has 2 aromatic rings. The molecule has 28 heavy (non-hydrogen) atoms. The summed E-state index contributed by atoms with van der Waals surface area (Å²) in [6, 6.07) is 9.72. The lowest BCUT2D eigenvalue weighted by molar-refractivity contribution is 0.0740. The average Bonchev–Trinajstić information content (AvgIpc) is 3.03. The molecule has 148 valence electrons. The highest BCUT2D eigenvalue weighted by Crippen LogP contribution is 2.22. The number of halogens is 1. The first-order chi connectivity index (χ1) is 13.7. The molecule has 0 saturated carbocycles. The number of carbonyl (C=O) groups is 1. The highest BCUT2D eigenvalue weighted by atomic mass is 35.5. The minimum absolute atomic E-state index is 0.00999. The molecule has 0 spiro atoms. The molecule has 2 saturated heterocycles. The van der Waals surface area contributed by atoms with Gasteiger partial charge in [0, 0.05) is 56.0 Å². The summed E-state index contributed by atoms with van der Waals surface area (Å²) in [5, 5.41) is 0.734. The molecule has 0 N–H and O–H groups in total. The fourth-order valence-electron chi connectivity index (χ4n) is 3.94. The molecule has 1 amide bonds. The van der Waals surface area contributed by atoms with E-state index in [0.29, 0.717) is 18.8 Å². The van der Waals surface area contributed by atoms with Crippen molar-refractivity contribution in [3.63, 3.8) is 0 Å². The maximum atomic E-state index is 13.0. The van der Waals surface area contributed by atoms with Crippen LogP contribution in [0.2, 0.25) is 5.02 Å². The molecule has 6 nitrogen and oxygen atoms in total. The van der Waals surface area contributed by atoms with Crippen LogP contribution in [0.4, 0.5) is 11.5 Å². The number of nitrogens with zero attached hydrogens (tertiary/aromatic N) is 5. The van der Waals surface area contributed by atoms with Crippen LogP contribution in [0, 0.1) is 0 Å². The number of aromatic nitrogens is 2. The molecule has 3 heterocycles. The molecule has 0 radical (unpaired) electrons. The van der Waals surface area contributed by atoms with Crippen molar-refractivity contribution in [3.8, 4) is 0 Å². The standard InChI is InChI=1S/C21H26ClN5O/c22-17-6-5-7-18(14-17)25-10-12-27(13-11-25)21(28)19-15-20(24-16-23-19)26-8-3-1-2-4-9-26/h5-7,14-16H,1-4,8-13H2. The van der Waals surface area contributed by atoms with Crippen molar-refractivity contribution in [1.82, 2.24) is 14.9 Å². The van der Waals surface area contributed by atoms with Crippen LogP contribution in [0.5, 0.6) is 0 Å². The summed E-state index contributed by atoms with van der Waals surface area (Å²) in [5.74, 6) is 0.863. The minimum Gasteiger partial charge on any atom is -0.368 e. The topological polar surface area (TPSA) is 52.6 Å². The van der Waals surface area contributed by atoms with Crippen LogP contribution in [-0.4, -0.2) is 60.0 Å². The first kappa shape index (κ1) is 19.0. The van der Waals surface area contributed by atoms with Crippen molar-refractivity contribution in [2.45, 2.75) is 25.7 Å². The lowest BCUT2D eigenvalue weighted by Crippen LogP contribution is -2.49. The van der Waals surface area contributed by atoms with Crippen LogP contribution in [0.3, 0.4) is 0 Å². The molecule has 4 rings (SSSR count). The molecule has 2 aliphatic rings. The van der Waals surface area contributed by atoms with Gasteiger partial charge in [0.2, 0.25) is 0 Å². The fourth-order valence-corrected chi connectivity index (χ4v) is 4.12. The van der Waals surface area contributed by atoms with E-state index < -0.39 is 0 Å². The highest BCUT2D eigenvalue weighted by molar-refractivity contribution is 6.30. The molecular weight excluding hydrogens is 374 g/mol. The Kier molecular flexibility index (Phi) is 5.95. The molecule has 0 aliphatic carbocycles. The van der Waals surface area contributed by atoms with Crippen LogP contribution in [0.25, 0.3) is 0 Å². The molecule has 1 aromatic heterocycles. The van der Waals surface area contributed by atoms with E-state index in [-0.39, 0.29) is 5.91 Å². The summed E-state index contributed by atoms with van der Waals surface area (Å²) in [4.78, 5) is 28.1. The van der Waals surface area contributed by atoms with Gasteiger partial charge in [-0.25, -0.2) is 9.97 Å². The first-order valence-electron chi connectivity index (χ1n) is 10.1. The minimum atomic E-state index is -0.00999. The number of anilines is 2. The van der Waals surface area contributed by atoms with Gasteiger partial charge in [0.25, 0.3) is 5.91 Å². The Labute approximate surface area is 171 Å². The van der Waals surface area contributed by atoms with Gasteiger partial charge in [0.15, 0.2) is 0 Å². The van der Waals surface area contributed by atoms with Gasteiger partial charge in [-0.3, -0.25) is 4.79 Å². The molecule has 2 fully saturated rings. The maximum absolute atomic E-state index is 13.0. The number of rotatable bonds is 3. The number of piperazine rings is 1. The number of hydrogen-bond donors (Lipinski definition) is 0. The summed E-state index contributed by atoms with van der Waals surface area (Å²) in [6.45, 7) is 4.93. The van der Waals surface area contributed by atoms with Crippen LogP contribution in [-0.2, 0) is 0 Å².